The Balaban J connectivity index is 1.80. The first-order valence-electron chi connectivity index (χ1n) is 11.1. The van der Waals surface area contributed by atoms with E-state index in [-0.39, 0.29) is 11.7 Å². The molecule has 29 heavy (non-hydrogen) atoms. The molecule has 2 nitrogen and oxygen atoms in total. The van der Waals surface area contributed by atoms with Crippen molar-refractivity contribution in [3.63, 3.8) is 0 Å². The molecule has 0 aliphatic heterocycles. The third kappa shape index (κ3) is 4.70. The number of benzene rings is 2. The van der Waals surface area contributed by atoms with Crippen LogP contribution in [0.5, 0.6) is 0 Å². The second-order valence-corrected chi connectivity index (χ2v) is 8.34. The maximum Gasteiger partial charge on any atom is 0.128 e. The molecule has 0 saturated heterocycles. The summed E-state index contributed by atoms with van der Waals surface area (Å²) in [4.78, 5) is 2.50. The fourth-order valence-corrected chi connectivity index (χ4v) is 4.85. The molecule has 1 aliphatic rings. The molecule has 1 aliphatic carbocycles. The number of hydrogen-bond donors (Lipinski definition) is 0. The molecule has 154 valence electrons. The molecular formula is C26H33FN2. The van der Waals surface area contributed by atoms with Gasteiger partial charge in [-0.2, -0.15) is 5.26 Å². The van der Waals surface area contributed by atoms with E-state index in [9.17, 15) is 9.65 Å². The van der Waals surface area contributed by atoms with Gasteiger partial charge in [0.25, 0.3) is 0 Å². The zero-order chi connectivity index (χ0) is 20.7. The summed E-state index contributed by atoms with van der Waals surface area (Å²) < 4.78 is 14.7. The first kappa shape index (κ1) is 21.5. The molecule has 0 heterocycles. The number of nitrogens with zero attached hydrogens (tertiary/aromatic N) is 2. The molecule has 2 aromatic rings. The Morgan fingerprint density at radius 1 is 1.10 bits per heavy atom. The summed E-state index contributed by atoms with van der Waals surface area (Å²) in [6.45, 7) is 6.30. The Bertz CT molecular complexity index is 809. The van der Waals surface area contributed by atoms with Crippen molar-refractivity contribution >= 4 is 0 Å². The number of hydrogen-bond acceptors (Lipinski definition) is 2. The minimum atomic E-state index is -0.705. The summed E-state index contributed by atoms with van der Waals surface area (Å²) in [6.07, 6.45) is 5.87. The molecule has 1 fully saturated rings. The van der Waals surface area contributed by atoms with Crippen molar-refractivity contribution in [2.75, 3.05) is 6.54 Å². The summed E-state index contributed by atoms with van der Waals surface area (Å²) >= 11 is 0. The van der Waals surface area contributed by atoms with Gasteiger partial charge < -0.3 is 0 Å². The second kappa shape index (κ2) is 10.0. The third-order valence-corrected chi connectivity index (χ3v) is 6.85. The SMILES string of the molecule is CCC(CCC(C#N)(c1ccccc1F)C1CCC1)N(CC)Cc1ccccc1. The molecule has 2 atom stereocenters. The summed E-state index contributed by atoms with van der Waals surface area (Å²) in [6, 6.07) is 20.5. The van der Waals surface area contributed by atoms with E-state index in [1.165, 1.54) is 11.6 Å². The van der Waals surface area contributed by atoms with Crippen molar-refractivity contribution in [2.24, 2.45) is 5.92 Å². The second-order valence-electron chi connectivity index (χ2n) is 8.34. The average Bonchev–Trinajstić information content (AvgIpc) is 2.72. The van der Waals surface area contributed by atoms with E-state index in [0.29, 0.717) is 11.6 Å². The van der Waals surface area contributed by atoms with E-state index < -0.39 is 5.41 Å². The summed E-state index contributed by atoms with van der Waals surface area (Å²) in [5, 5.41) is 10.3. The average molecular weight is 393 g/mol. The Labute approximate surface area is 175 Å². The lowest BCUT2D eigenvalue weighted by Gasteiger charge is -2.42. The monoisotopic (exact) mass is 392 g/mol. The summed E-state index contributed by atoms with van der Waals surface area (Å²) in [5.74, 6) is 0.0386. The van der Waals surface area contributed by atoms with Crippen molar-refractivity contribution in [3.8, 4) is 6.07 Å². The number of halogens is 1. The summed E-state index contributed by atoms with van der Waals surface area (Å²) in [5.41, 5.74) is 1.21. The number of rotatable bonds is 10. The van der Waals surface area contributed by atoms with Crippen LogP contribution in [0.4, 0.5) is 4.39 Å². The van der Waals surface area contributed by atoms with Gasteiger partial charge in [0.15, 0.2) is 0 Å². The van der Waals surface area contributed by atoms with E-state index >= 15 is 0 Å². The number of nitriles is 1. The van der Waals surface area contributed by atoms with E-state index in [4.69, 9.17) is 0 Å². The Morgan fingerprint density at radius 3 is 2.34 bits per heavy atom. The molecule has 1 saturated carbocycles. The zero-order valence-corrected chi connectivity index (χ0v) is 17.8. The van der Waals surface area contributed by atoms with Crippen LogP contribution in [0.15, 0.2) is 54.6 Å². The van der Waals surface area contributed by atoms with E-state index in [0.717, 1.165) is 51.6 Å². The highest BCUT2D eigenvalue weighted by Crippen LogP contribution is 2.48. The molecule has 0 spiro atoms. The van der Waals surface area contributed by atoms with Crippen molar-refractivity contribution in [1.29, 1.82) is 5.26 Å². The molecular weight excluding hydrogens is 359 g/mol. The minimum absolute atomic E-state index is 0.231. The molecule has 2 aromatic carbocycles. The largest absolute Gasteiger partial charge is 0.296 e. The van der Waals surface area contributed by atoms with Gasteiger partial charge in [-0.1, -0.05) is 68.8 Å². The van der Waals surface area contributed by atoms with Crippen LogP contribution >= 0.6 is 0 Å². The lowest BCUT2D eigenvalue weighted by atomic mass is 9.60. The van der Waals surface area contributed by atoms with Gasteiger partial charge in [0.05, 0.1) is 11.5 Å². The van der Waals surface area contributed by atoms with Crippen LogP contribution in [0.25, 0.3) is 0 Å². The van der Waals surface area contributed by atoms with Crippen LogP contribution < -0.4 is 0 Å². The fourth-order valence-electron chi connectivity index (χ4n) is 4.85. The van der Waals surface area contributed by atoms with Gasteiger partial charge in [0, 0.05) is 18.2 Å². The van der Waals surface area contributed by atoms with Gasteiger partial charge in [-0.15, -0.1) is 0 Å². The van der Waals surface area contributed by atoms with Crippen LogP contribution in [0.2, 0.25) is 0 Å². The zero-order valence-electron chi connectivity index (χ0n) is 17.8. The van der Waals surface area contributed by atoms with Gasteiger partial charge in [-0.25, -0.2) is 4.39 Å². The third-order valence-electron chi connectivity index (χ3n) is 6.85. The molecule has 3 rings (SSSR count). The van der Waals surface area contributed by atoms with E-state index in [2.05, 4.69) is 49.1 Å². The first-order chi connectivity index (χ1) is 14.1. The van der Waals surface area contributed by atoms with Gasteiger partial charge in [0.2, 0.25) is 0 Å². The van der Waals surface area contributed by atoms with Gasteiger partial charge in [-0.3, -0.25) is 4.90 Å². The molecule has 0 amide bonds. The van der Waals surface area contributed by atoms with E-state index in [1.54, 1.807) is 6.07 Å². The normalized spacial score (nSPS) is 17.3. The van der Waals surface area contributed by atoms with Crippen molar-refractivity contribution in [2.45, 2.75) is 70.4 Å². The summed E-state index contributed by atoms with van der Waals surface area (Å²) in [7, 11) is 0. The molecule has 0 N–H and O–H groups in total. The van der Waals surface area contributed by atoms with Crippen molar-refractivity contribution < 1.29 is 4.39 Å². The predicted molar refractivity (Wildman–Crippen MR) is 117 cm³/mol. The predicted octanol–water partition coefficient (Wildman–Crippen LogP) is 6.47. The molecule has 3 heteroatoms. The van der Waals surface area contributed by atoms with Crippen LogP contribution in [-0.4, -0.2) is 17.5 Å². The van der Waals surface area contributed by atoms with Gasteiger partial charge >= 0.3 is 0 Å². The van der Waals surface area contributed by atoms with Gasteiger partial charge in [-0.05, 0) is 56.2 Å². The minimum Gasteiger partial charge on any atom is -0.296 e. The lowest BCUT2D eigenvalue weighted by Crippen LogP contribution is -2.41. The van der Waals surface area contributed by atoms with Gasteiger partial charge in [0.1, 0.15) is 5.82 Å². The highest BCUT2D eigenvalue weighted by atomic mass is 19.1. The molecule has 0 bridgehead atoms. The Kier molecular flexibility index (Phi) is 7.45. The highest BCUT2D eigenvalue weighted by Gasteiger charge is 2.45. The molecule has 0 radical (unpaired) electrons. The fraction of sp³-hybridized carbons (Fsp3) is 0.500. The maximum absolute atomic E-state index is 14.7. The molecule has 2 unspecified atom stereocenters. The van der Waals surface area contributed by atoms with Crippen LogP contribution in [-0.2, 0) is 12.0 Å². The van der Waals surface area contributed by atoms with E-state index in [1.807, 2.05) is 18.2 Å². The Morgan fingerprint density at radius 2 is 1.79 bits per heavy atom. The van der Waals surface area contributed by atoms with Crippen LogP contribution in [0, 0.1) is 23.1 Å². The van der Waals surface area contributed by atoms with Crippen LogP contribution in [0.1, 0.15) is 63.5 Å². The maximum atomic E-state index is 14.7. The van der Waals surface area contributed by atoms with Crippen LogP contribution in [0.3, 0.4) is 0 Å². The van der Waals surface area contributed by atoms with Crippen molar-refractivity contribution in [1.82, 2.24) is 4.90 Å². The molecule has 0 aromatic heterocycles. The van der Waals surface area contributed by atoms with Crippen molar-refractivity contribution in [3.05, 3.63) is 71.5 Å². The topological polar surface area (TPSA) is 27.0 Å². The smallest absolute Gasteiger partial charge is 0.128 e. The standard InChI is InChI=1S/C26H33FN2/c1-3-23(29(4-2)19-21-11-6-5-7-12-21)17-18-26(20-28,22-13-10-14-22)24-15-8-9-16-25(24)27/h5-9,11-12,15-16,22-23H,3-4,10,13-14,17-19H2,1-2H3. The quantitative estimate of drug-likeness (QED) is 0.463. The Hall–Kier alpha value is -2.18. The first-order valence-corrected chi connectivity index (χ1v) is 11.1. The highest BCUT2D eigenvalue weighted by molar-refractivity contribution is 5.35. The lowest BCUT2D eigenvalue weighted by molar-refractivity contribution is 0.145.